The Morgan fingerprint density at radius 3 is 2.50 bits per heavy atom. The fourth-order valence-corrected chi connectivity index (χ4v) is 3.22. The highest BCUT2D eigenvalue weighted by atomic mass is 16.2. The van der Waals surface area contributed by atoms with Crippen molar-refractivity contribution in [2.45, 2.75) is 26.8 Å². The molecule has 1 saturated heterocycles. The van der Waals surface area contributed by atoms with Crippen LogP contribution in [0.15, 0.2) is 48.5 Å². The van der Waals surface area contributed by atoms with E-state index in [0.717, 1.165) is 18.7 Å². The van der Waals surface area contributed by atoms with Gasteiger partial charge in [0.2, 0.25) is 0 Å². The molecule has 0 aliphatic carbocycles. The molecule has 0 spiro atoms. The Kier molecular flexibility index (Phi) is 5.56. The molecule has 0 radical (unpaired) electrons. The standard InChI is InChI=1S/C21H25N3O2/c1-3-22-20(25)17-9-11-19(12-10-17)24-14-6-13-23(21(24)26)15-18-8-5-4-7-16(18)2/h4-5,7-12H,3,6,13-15H2,1-2H3,(H,22,25). The molecule has 26 heavy (non-hydrogen) atoms. The first-order chi connectivity index (χ1) is 12.6. The van der Waals surface area contributed by atoms with Crippen LogP contribution in [0.5, 0.6) is 0 Å². The maximum atomic E-state index is 12.9. The molecule has 0 bridgehead atoms. The van der Waals surface area contributed by atoms with Crippen molar-refractivity contribution < 1.29 is 9.59 Å². The van der Waals surface area contributed by atoms with Crippen LogP contribution in [0.25, 0.3) is 0 Å². The SMILES string of the molecule is CCNC(=O)c1ccc(N2CCCN(Cc3ccccc3C)C2=O)cc1. The highest BCUT2D eigenvalue weighted by molar-refractivity contribution is 5.96. The number of carbonyl (C=O) groups is 2. The van der Waals surface area contributed by atoms with Gasteiger partial charge in [-0.1, -0.05) is 24.3 Å². The number of hydrogen-bond acceptors (Lipinski definition) is 2. The van der Waals surface area contributed by atoms with Crippen LogP contribution in [0.4, 0.5) is 10.5 Å². The van der Waals surface area contributed by atoms with Gasteiger partial charge in [-0.2, -0.15) is 0 Å². The van der Waals surface area contributed by atoms with Crippen molar-refractivity contribution in [1.82, 2.24) is 10.2 Å². The zero-order valence-corrected chi connectivity index (χ0v) is 15.4. The van der Waals surface area contributed by atoms with E-state index in [2.05, 4.69) is 24.4 Å². The summed E-state index contributed by atoms with van der Waals surface area (Å²) < 4.78 is 0. The van der Waals surface area contributed by atoms with Crippen molar-refractivity contribution in [1.29, 1.82) is 0 Å². The van der Waals surface area contributed by atoms with E-state index in [-0.39, 0.29) is 11.9 Å². The average Bonchev–Trinajstić information content (AvgIpc) is 2.65. The van der Waals surface area contributed by atoms with Gasteiger partial charge in [0.15, 0.2) is 0 Å². The molecular formula is C21H25N3O2. The highest BCUT2D eigenvalue weighted by Gasteiger charge is 2.27. The second-order valence-electron chi connectivity index (χ2n) is 6.54. The summed E-state index contributed by atoms with van der Waals surface area (Å²) in [6.07, 6.45) is 0.926. The van der Waals surface area contributed by atoms with Crippen LogP contribution < -0.4 is 10.2 Å². The van der Waals surface area contributed by atoms with E-state index in [9.17, 15) is 9.59 Å². The molecule has 3 amide bonds. The highest BCUT2D eigenvalue weighted by Crippen LogP contribution is 2.22. The molecule has 1 fully saturated rings. The molecule has 1 aliphatic heterocycles. The van der Waals surface area contributed by atoms with Crippen molar-refractivity contribution in [3.63, 3.8) is 0 Å². The van der Waals surface area contributed by atoms with Gasteiger partial charge in [-0.05, 0) is 55.7 Å². The number of nitrogens with one attached hydrogen (secondary N) is 1. The Bertz CT molecular complexity index is 786. The predicted molar refractivity (Wildman–Crippen MR) is 103 cm³/mol. The van der Waals surface area contributed by atoms with Crippen molar-refractivity contribution in [2.24, 2.45) is 0 Å². The molecule has 1 aliphatic rings. The molecule has 0 saturated carbocycles. The second kappa shape index (κ2) is 8.04. The molecule has 0 atom stereocenters. The number of urea groups is 1. The normalized spacial score (nSPS) is 14.5. The molecular weight excluding hydrogens is 326 g/mol. The topological polar surface area (TPSA) is 52.7 Å². The first kappa shape index (κ1) is 18.0. The smallest absolute Gasteiger partial charge is 0.324 e. The van der Waals surface area contributed by atoms with Crippen LogP contribution >= 0.6 is 0 Å². The van der Waals surface area contributed by atoms with Crippen LogP contribution in [0.2, 0.25) is 0 Å². The minimum absolute atomic E-state index is 0.0188. The Balaban J connectivity index is 1.73. The van der Waals surface area contributed by atoms with Gasteiger partial charge >= 0.3 is 6.03 Å². The molecule has 3 rings (SSSR count). The lowest BCUT2D eigenvalue weighted by atomic mass is 10.1. The van der Waals surface area contributed by atoms with Crippen LogP contribution in [0.3, 0.4) is 0 Å². The van der Waals surface area contributed by atoms with E-state index in [4.69, 9.17) is 0 Å². The number of nitrogens with zero attached hydrogens (tertiary/aromatic N) is 2. The number of rotatable bonds is 5. The minimum Gasteiger partial charge on any atom is -0.352 e. The lowest BCUT2D eigenvalue weighted by Gasteiger charge is -2.36. The zero-order valence-electron chi connectivity index (χ0n) is 15.4. The maximum absolute atomic E-state index is 12.9. The summed E-state index contributed by atoms with van der Waals surface area (Å²) in [6.45, 7) is 6.64. The van der Waals surface area contributed by atoms with Crippen molar-refractivity contribution in [2.75, 3.05) is 24.5 Å². The third-order valence-electron chi connectivity index (χ3n) is 4.71. The molecule has 136 valence electrons. The van der Waals surface area contributed by atoms with Crippen molar-refractivity contribution >= 4 is 17.6 Å². The van der Waals surface area contributed by atoms with Gasteiger partial charge in [-0.3, -0.25) is 9.69 Å². The van der Waals surface area contributed by atoms with Crippen LogP contribution in [-0.2, 0) is 6.54 Å². The largest absolute Gasteiger partial charge is 0.352 e. The second-order valence-corrected chi connectivity index (χ2v) is 6.54. The van der Waals surface area contributed by atoms with Gasteiger partial charge < -0.3 is 10.2 Å². The maximum Gasteiger partial charge on any atom is 0.324 e. The average molecular weight is 351 g/mol. The van der Waals surface area contributed by atoms with E-state index in [1.165, 1.54) is 11.1 Å². The van der Waals surface area contributed by atoms with E-state index in [1.807, 2.05) is 36.1 Å². The summed E-state index contributed by atoms with van der Waals surface area (Å²) in [4.78, 5) is 28.5. The number of amides is 3. The lowest BCUT2D eigenvalue weighted by molar-refractivity contribution is 0.0956. The van der Waals surface area contributed by atoms with Gasteiger partial charge in [-0.15, -0.1) is 0 Å². The molecule has 1 N–H and O–H groups in total. The fourth-order valence-electron chi connectivity index (χ4n) is 3.22. The fraction of sp³-hybridized carbons (Fsp3) is 0.333. The lowest BCUT2D eigenvalue weighted by Crippen LogP contribution is -2.49. The van der Waals surface area contributed by atoms with Gasteiger partial charge in [-0.25, -0.2) is 4.79 Å². The van der Waals surface area contributed by atoms with Crippen molar-refractivity contribution in [3.8, 4) is 0 Å². The minimum atomic E-state index is -0.0924. The van der Waals surface area contributed by atoms with Crippen molar-refractivity contribution in [3.05, 3.63) is 65.2 Å². The number of anilines is 1. The first-order valence-corrected chi connectivity index (χ1v) is 9.09. The summed E-state index contributed by atoms with van der Waals surface area (Å²) in [5, 5.41) is 2.78. The summed E-state index contributed by atoms with van der Waals surface area (Å²) in [5.74, 6) is -0.0924. The van der Waals surface area contributed by atoms with Crippen LogP contribution in [0.1, 0.15) is 34.8 Å². The quantitative estimate of drug-likeness (QED) is 0.895. The molecule has 2 aromatic rings. The molecule has 5 nitrogen and oxygen atoms in total. The van der Waals surface area contributed by atoms with E-state index >= 15 is 0 Å². The van der Waals surface area contributed by atoms with Gasteiger partial charge in [0, 0.05) is 37.4 Å². The monoisotopic (exact) mass is 351 g/mol. The Morgan fingerprint density at radius 1 is 1.08 bits per heavy atom. The van der Waals surface area contributed by atoms with Crippen LogP contribution in [0, 0.1) is 6.92 Å². The number of aryl methyl sites for hydroxylation is 1. The zero-order chi connectivity index (χ0) is 18.5. The molecule has 0 aromatic heterocycles. The Hall–Kier alpha value is -2.82. The first-order valence-electron chi connectivity index (χ1n) is 9.09. The van der Waals surface area contributed by atoms with Gasteiger partial charge in [0.05, 0.1) is 0 Å². The number of hydrogen-bond donors (Lipinski definition) is 1. The van der Waals surface area contributed by atoms with Crippen LogP contribution in [-0.4, -0.2) is 36.5 Å². The van der Waals surface area contributed by atoms with E-state index in [1.54, 1.807) is 17.0 Å². The summed E-state index contributed by atoms with van der Waals surface area (Å²) in [5.41, 5.74) is 3.81. The molecule has 1 heterocycles. The van der Waals surface area contributed by atoms with Gasteiger partial charge in [0.25, 0.3) is 5.91 Å². The summed E-state index contributed by atoms with van der Waals surface area (Å²) >= 11 is 0. The number of carbonyl (C=O) groups excluding carboxylic acids is 2. The number of benzene rings is 2. The van der Waals surface area contributed by atoms with E-state index in [0.29, 0.717) is 25.2 Å². The molecule has 2 aromatic carbocycles. The Morgan fingerprint density at radius 2 is 1.81 bits per heavy atom. The third kappa shape index (κ3) is 3.87. The Labute approximate surface area is 154 Å². The van der Waals surface area contributed by atoms with Gasteiger partial charge in [0.1, 0.15) is 0 Å². The molecule has 0 unspecified atom stereocenters. The third-order valence-corrected chi connectivity index (χ3v) is 4.71. The molecule has 5 heteroatoms. The summed E-state index contributed by atoms with van der Waals surface area (Å²) in [6, 6.07) is 15.4. The predicted octanol–water partition coefficient (Wildman–Crippen LogP) is 3.58. The van der Waals surface area contributed by atoms with E-state index < -0.39 is 0 Å². The summed E-state index contributed by atoms with van der Waals surface area (Å²) in [7, 11) is 0.